The lowest BCUT2D eigenvalue weighted by Gasteiger charge is -2.31. The summed E-state index contributed by atoms with van der Waals surface area (Å²) in [6, 6.07) is 14.1. The van der Waals surface area contributed by atoms with Crippen molar-refractivity contribution in [2.75, 3.05) is 45.4 Å². The third kappa shape index (κ3) is 4.49. The van der Waals surface area contributed by atoms with Gasteiger partial charge in [0.15, 0.2) is 0 Å². The van der Waals surface area contributed by atoms with Crippen LogP contribution in [0.1, 0.15) is 16.4 Å². The second kappa shape index (κ2) is 10.8. The number of hydrogen-bond donors (Lipinski definition) is 0. The number of ether oxygens (including phenoxy) is 3. The molecule has 12 heteroatoms. The van der Waals surface area contributed by atoms with Gasteiger partial charge in [-0.15, -0.1) is 0 Å². The number of carbonyl (C=O) groups is 3. The van der Waals surface area contributed by atoms with Crippen molar-refractivity contribution in [2.24, 2.45) is 5.92 Å². The minimum atomic E-state index is -0.757. The maximum atomic E-state index is 14.0. The largest absolute Gasteiger partial charge is 0.497 e. The summed E-state index contributed by atoms with van der Waals surface area (Å²) < 4.78 is 17.4. The predicted octanol–water partition coefficient (Wildman–Crippen LogP) is 2.58. The van der Waals surface area contributed by atoms with Crippen LogP contribution < -0.4 is 19.2 Å². The van der Waals surface area contributed by atoms with Crippen LogP contribution in [0, 0.1) is 5.92 Å². The highest BCUT2D eigenvalue weighted by Crippen LogP contribution is 2.54. The van der Waals surface area contributed by atoms with Gasteiger partial charge in [-0.3, -0.25) is 23.7 Å². The van der Waals surface area contributed by atoms with Crippen LogP contribution in [0.3, 0.4) is 0 Å². The number of benzene rings is 2. The Bertz CT molecular complexity index is 1510. The number of amides is 3. The van der Waals surface area contributed by atoms with Gasteiger partial charge < -0.3 is 19.1 Å². The SMILES string of the molecule is COc1ccc(C2c3sc(=O)n(CC(=O)N4CCOCC4)c3SC3C(=O)N(c4ccc(OC)cc4)C(=O)C32)cc1. The Kier molecular flexibility index (Phi) is 7.15. The van der Waals surface area contributed by atoms with Crippen molar-refractivity contribution in [3.8, 4) is 11.5 Å². The summed E-state index contributed by atoms with van der Waals surface area (Å²) in [6.07, 6.45) is 0. The zero-order valence-electron chi connectivity index (χ0n) is 21.9. The molecule has 3 aliphatic heterocycles. The number of aromatic nitrogens is 1. The lowest BCUT2D eigenvalue weighted by Crippen LogP contribution is -2.43. The fourth-order valence-electron chi connectivity index (χ4n) is 5.46. The molecule has 0 bridgehead atoms. The van der Waals surface area contributed by atoms with Gasteiger partial charge in [0.2, 0.25) is 17.7 Å². The number of anilines is 1. The van der Waals surface area contributed by atoms with Crippen LogP contribution in [0.25, 0.3) is 0 Å². The molecule has 3 unspecified atom stereocenters. The molecule has 2 saturated heterocycles. The van der Waals surface area contributed by atoms with Crippen molar-refractivity contribution < 1.29 is 28.6 Å². The maximum absolute atomic E-state index is 14.0. The van der Waals surface area contributed by atoms with E-state index in [1.165, 1.54) is 21.2 Å². The molecule has 0 spiro atoms. The standard InChI is InChI=1S/C28H27N3O7S2/c1-36-18-7-3-16(4-8-18)21-22-23(26(34)31(25(22)33)17-5-9-19(37-2)10-6-17)39-27-24(21)40-28(35)30(27)15-20(32)29-11-13-38-14-12-29/h3-10,21-23H,11-15H2,1-2H3. The number of carbonyl (C=O) groups excluding carboxylic acids is 3. The first-order valence-electron chi connectivity index (χ1n) is 12.8. The molecule has 0 aliphatic carbocycles. The molecule has 3 amide bonds. The van der Waals surface area contributed by atoms with Gasteiger partial charge in [-0.25, -0.2) is 4.90 Å². The van der Waals surface area contributed by atoms with Gasteiger partial charge in [-0.05, 0) is 42.0 Å². The fourth-order valence-corrected chi connectivity index (χ4v) is 8.23. The molecule has 1 aromatic heterocycles. The van der Waals surface area contributed by atoms with Crippen LogP contribution in [0.15, 0.2) is 58.4 Å². The molecule has 2 fully saturated rings. The van der Waals surface area contributed by atoms with E-state index in [-0.39, 0.29) is 29.1 Å². The Morgan fingerprint density at radius 3 is 2.17 bits per heavy atom. The number of nitrogens with zero attached hydrogens (tertiary/aromatic N) is 3. The molecule has 0 N–H and O–H groups in total. The minimum absolute atomic E-state index is 0.130. The number of thiazole rings is 1. The molecular formula is C28H27N3O7S2. The number of morpholine rings is 1. The van der Waals surface area contributed by atoms with E-state index in [2.05, 4.69) is 0 Å². The summed E-state index contributed by atoms with van der Waals surface area (Å²) in [5.41, 5.74) is 1.26. The zero-order chi connectivity index (χ0) is 28.0. The summed E-state index contributed by atoms with van der Waals surface area (Å²) in [7, 11) is 3.12. The van der Waals surface area contributed by atoms with Crippen molar-refractivity contribution in [3.05, 3.63) is 68.6 Å². The molecule has 0 radical (unpaired) electrons. The number of thioether (sulfide) groups is 1. The van der Waals surface area contributed by atoms with Crippen molar-refractivity contribution in [1.82, 2.24) is 9.47 Å². The molecule has 4 heterocycles. The quantitative estimate of drug-likeness (QED) is 0.409. The van der Waals surface area contributed by atoms with Gasteiger partial charge in [-0.2, -0.15) is 0 Å². The molecule has 3 atom stereocenters. The van der Waals surface area contributed by atoms with Crippen molar-refractivity contribution in [1.29, 1.82) is 0 Å². The number of hydrogen-bond acceptors (Lipinski definition) is 9. The average molecular weight is 582 g/mol. The molecular weight excluding hydrogens is 554 g/mol. The molecule has 3 aromatic rings. The van der Waals surface area contributed by atoms with E-state index in [0.29, 0.717) is 53.4 Å². The van der Waals surface area contributed by atoms with E-state index < -0.39 is 17.1 Å². The van der Waals surface area contributed by atoms with Crippen molar-refractivity contribution in [3.63, 3.8) is 0 Å². The monoisotopic (exact) mass is 581 g/mol. The number of rotatable bonds is 6. The third-order valence-corrected chi connectivity index (χ3v) is 10.1. The second-order valence-electron chi connectivity index (χ2n) is 9.64. The van der Waals surface area contributed by atoms with Crippen LogP contribution in [0.5, 0.6) is 11.5 Å². The summed E-state index contributed by atoms with van der Waals surface area (Å²) in [6.45, 7) is 1.72. The second-order valence-corrected chi connectivity index (χ2v) is 11.8. The van der Waals surface area contributed by atoms with E-state index >= 15 is 0 Å². The Morgan fingerprint density at radius 1 is 0.925 bits per heavy atom. The van der Waals surface area contributed by atoms with E-state index in [4.69, 9.17) is 14.2 Å². The van der Waals surface area contributed by atoms with Crippen LogP contribution >= 0.6 is 23.1 Å². The van der Waals surface area contributed by atoms with Gasteiger partial charge in [0.1, 0.15) is 23.3 Å². The van der Waals surface area contributed by atoms with Crippen LogP contribution in [0.2, 0.25) is 0 Å². The fraction of sp³-hybridized carbons (Fsp3) is 0.357. The van der Waals surface area contributed by atoms with E-state index in [9.17, 15) is 19.2 Å². The van der Waals surface area contributed by atoms with Crippen LogP contribution in [0.4, 0.5) is 5.69 Å². The van der Waals surface area contributed by atoms with Gasteiger partial charge >= 0.3 is 4.87 Å². The van der Waals surface area contributed by atoms with Crippen LogP contribution in [-0.2, 0) is 25.7 Å². The zero-order valence-corrected chi connectivity index (χ0v) is 23.5. The highest BCUT2D eigenvalue weighted by Gasteiger charge is 2.56. The summed E-state index contributed by atoms with van der Waals surface area (Å²) >= 11 is 2.24. The summed E-state index contributed by atoms with van der Waals surface area (Å²) in [5, 5.41) is -0.190. The third-order valence-electron chi connectivity index (χ3n) is 7.51. The predicted molar refractivity (Wildman–Crippen MR) is 149 cm³/mol. The number of imide groups is 1. The highest BCUT2D eigenvalue weighted by atomic mass is 32.2. The van der Waals surface area contributed by atoms with E-state index in [1.807, 2.05) is 12.1 Å². The molecule has 3 aliphatic rings. The van der Waals surface area contributed by atoms with Gasteiger partial charge in [-0.1, -0.05) is 35.2 Å². The summed E-state index contributed by atoms with van der Waals surface area (Å²) in [5.74, 6) is -0.840. The van der Waals surface area contributed by atoms with E-state index in [1.54, 1.807) is 55.5 Å². The molecule has 6 rings (SSSR count). The van der Waals surface area contributed by atoms with Crippen LogP contribution in [-0.4, -0.2) is 73.0 Å². The first kappa shape index (κ1) is 26.6. The topological polar surface area (TPSA) is 107 Å². The Labute approximate surface area is 238 Å². The Hall–Kier alpha value is -3.61. The lowest BCUT2D eigenvalue weighted by molar-refractivity contribution is -0.136. The van der Waals surface area contributed by atoms with Gasteiger partial charge in [0.25, 0.3) is 0 Å². The minimum Gasteiger partial charge on any atom is -0.497 e. The first-order chi connectivity index (χ1) is 19.4. The number of fused-ring (bicyclic) bond motifs is 2. The molecule has 40 heavy (non-hydrogen) atoms. The molecule has 2 aromatic carbocycles. The van der Waals surface area contributed by atoms with Gasteiger partial charge in [0, 0.05) is 23.9 Å². The maximum Gasteiger partial charge on any atom is 0.308 e. The average Bonchev–Trinajstić information content (AvgIpc) is 3.43. The first-order valence-corrected chi connectivity index (χ1v) is 14.5. The van der Waals surface area contributed by atoms with Crippen molar-refractivity contribution >= 4 is 46.5 Å². The van der Waals surface area contributed by atoms with E-state index in [0.717, 1.165) is 16.9 Å². The number of methoxy groups -OCH3 is 2. The molecule has 10 nitrogen and oxygen atoms in total. The lowest BCUT2D eigenvalue weighted by atomic mass is 9.83. The highest BCUT2D eigenvalue weighted by molar-refractivity contribution is 8.00. The molecule has 0 saturated carbocycles. The van der Waals surface area contributed by atoms with Crippen molar-refractivity contribution in [2.45, 2.75) is 22.7 Å². The van der Waals surface area contributed by atoms with Gasteiger partial charge in [0.05, 0.1) is 44.1 Å². The molecule has 208 valence electrons. The Morgan fingerprint density at radius 2 is 1.55 bits per heavy atom. The Balaban J connectivity index is 1.42. The normalized spacial score (nSPS) is 22.2. The summed E-state index contributed by atoms with van der Waals surface area (Å²) in [4.78, 5) is 57.5. The smallest absolute Gasteiger partial charge is 0.308 e.